The topological polar surface area (TPSA) is 64.4 Å². The van der Waals surface area contributed by atoms with Crippen LogP contribution < -0.4 is 10.1 Å². The summed E-state index contributed by atoms with van der Waals surface area (Å²) < 4.78 is 10.9. The Morgan fingerprint density at radius 3 is 2.81 bits per heavy atom. The molecule has 136 valence electrons. The van der Waals surface area contributed by atoms with Crippen molar-refractivity contribution in [3.05, 3.63) is 58.1 Å². The number of aromatic nitrogens is 1. The highest BCUT2D eigenvalue weighted by Gasteiger charge is 2.12. The van der Waals surface area contributed by atoms with Crippen molar-refractivity contribution in [3.8, 4) is 17.2 Å². The molecule has 0 atom stereocenters. The van der Waals surface area contributed by atoms with Crippen LogP contribution in [0.3, 0.4) is 0 Å². The number of benzene rings is 1. The van der Waals surface area contributed by atoms with E-state index in [4.69, 9.17) is 9.15 Å². The molecule has 2 aromatic heterocycles. The fraction of sp³-hybridized carbons (Fsp3) is 0.263. The van der Waals surface area contributed by atoms with Crippen molar-refractivity contribution in [2.24, 2.45) is 0 Å². The average molecular weight is 389 g/mol. The number of ether oxygens (including phenoxy) is 1. The van der Waals surface area contributed by atoms with Gasteiger partial charge in [0.15, 0.2) is 0 Å². The van der Waals surface area contributed by atoms with Crippen LogP contribution in [0.4, 0.5) is 0 Å². The third-order valence-corrected chi connectivity index (χ3v) is 5.56. The summed E-state index contributed by atoms with van der Waals surface area (Å²) in [5.74, 6) is 3.22. The van der Waals surface area contributed by atoms with Gasteiger partial charge >= 0.3 is 0 Å². The van der Waals surface area contributed by atoms with Gasteiger partial charge in [0.2, 0.25) is 11.8 Å². The molecule has 0 saturated carbocycles. The highest BCUT2D eigenvalue weighted by atomic mass is 32.2. The molecule has 0 spiro atoms. The second-order valence-corrected chi connectivity index (χ2v) is 7.62. The van der Waals surface area contributed by atoms with Gasteiger partial charge in [-0.1, -0.05) is 6.07 Å². The van der Waals surface area contributed by atoms with E-state index in [2.05, 4.69) is 10.3 Å². The third-order valence-electron chi connectivity index (χ3n) is 3.74. The lowest BCUT2D eigenvalue weighted by molar-refractivity contribution is -0.118. The summed E-state index contributed by atoms with van der Waals surface area (Å²) in [6, 6.07) is 11.6. The van der Waals surface area contributed by atoms with Gasteiger partial charge in [-0.3, -0.25) is 4.79 Å². The number of nitrogens with one attached hydrogen (secondary N) is 1. The highest BCUT2D eigenvalue weighted by molar-refractivity contribution is 7.99. The number of amides is 1. The summed E-state index contributed by atoms with van der Waals surface area (Å²) in [6.07, 6.45) is 0. The van der Waals surface area contributed by atoms with E-state index in [1.165, 1.54) is 11.8 Å². The van der Waals surface area contributed by atoms with Crippen LogP contribution in [-0.4, -0.2) is 23.8 Å². The largest absolute Gasteiger partial charge is 0.497 e. The van der Waals surface area contributed by atoms with Crippen molar-refractivity contribution in [2.45, 2.75) is 19.2 Å². The van der Waals surface area contributed by atoms with Crippen LogP contribution in [0, 0.1) is 6.92 Å². The lowest BCUT2D eigenvalue weighted by Gasteiger charge is -2.03. The van der Waals surface area contributed by atoms with Gasteiger partial charge in [0.1, 0.15) is 11.5 Å². The Morgan fingerprint density at radius 2 is 2.12 bits per heavy atom. The van der Waals surface area contributed by atoms with Crippen LogP contribution in [0.25, 0.3) is 11.5 Å². The van der Waals surface area contributed by atoms with Gasteiger partial charge in [-0.05, 0) is 42.6 Å². The van der Waals surface area contributed by atoms with Crippen molar-refractivity contribution in [1.29, 1.82) is 0 Å². The van der Waals surface area contributed by atoms with Crippen LogP contribution in [0.15, 0.2) is 46.2 Å². The summed E-state index contributed by atoms with van der Waals surface area (Å²) in [7, 11) is 1.64. The first-order valence-electron chi connectivity index (χ1n) is 8.13. The maximum Gasteiger partial charge on any atom is 0.230 e. The van der Waals surface area contributed by atoms with E-state index in [9.17, 15) is 4.79 Å². The normalized spacial score (nSPS) is 10.7. The SMILES string of the molecule is COc1ccc(-c2nc(CSCC(=O)NCc3cccs3)c(C)o2)cc1. The molecule has 5 nitrogen and oxygen atoms in total. The summed E-state index contributed by atoms with van der Waals surface area (Å²) >= 11 is 3.17. The molecule has 7 heteroatoms. The number of methoxy groups -OCH3 is 1. The summed E-state index contributed by atoms with van der Waals surface area (Å²) in [4.78, 5) is 17.6. The van der Waals surface area contributed by atoms with E-state index in [0.717, 1.165) is 27.6 Å². The molecule has 1 N–H and O–H groups in total. The zero-order valence-corrected chi connectivity index (χ0v) is 16.3. The minimum Gasteiger partial charge on any atom is -0.497 e. The molecule has 26 heavy (non-hydrogen) atoms. The van der Waals surface area contributed by atoms with Gasteiger partial charge in [0.05, 0.1) is 25.1 Å². The standard InChI is InChI=1S/C19H20N2O3S2/c1-13-17(11-25-12-18(22)20-10-16-4-3-9-26-16)21-19(24-13)14-5-7-15(23-2)8-6-14/h3-9H,10-12H2,1-2H3,(H,20,22). The predicted octanol–water partition coefficient (Wildman–Crippen LogP) is 4.27. The Kier molecular flexibility index (Phi) is 6.35. The minimum absolute atomic E-state index is 0.0277. The Morgan fingerprint density at radius 1 is 1.31 bits per heavy atom. The smallest absolute Gasteiger partial charge is 0.230 e. The third kappa shape index (κ3) is 4.89. The first-order valence-corrected chi connectivity index (χ1v) is 10.2. The maximum absolute atomic E-state index is 11.9. The van der Waals surface area contributed by atoms with Crippen molar-refractivity contribution < 1.29 is 13.9 Å². The number of carbonyl (C=O) groups excluding carboxylic acids is 1. The van der Waals surface area contributed by atoms with E-state index in [0.29, 0.717) is 23.9 Å². The molecule has 1 aromatic carbocycles. The molecule has 3 aromatic rings. The summed E-state index contributed by atoms with van der Waals surface area (Å²) in [5.41, 5.74) is 1.77. The Labute approximate surface area is 160 Å². The first kappa shape index (κ1) is 18.5. The van der Waals surface area contributed by atoms with Crippen molar-refractivity contribution in [2.75, 3.05) is 12.9 Å². The zero-order valence-electron chi connectivity index (χ0n) is 14.7. The molecule has 0 unspecified atom stereocenters. The molecule has 0 bridgehead atoms. The molecule has 1 amide bonds. The highest BCUT2D eigenvalue weighted by Crippen LogP contribution is 2.25. The van der Waals surface area contributed by atoms with Gasteiger partial charge in [-0.2, -0.15) is 0 Å². The monoisotopic (exact) mass is 388 g/mol. The summed E-state index contributed by atoms with van der Waals surface area (Å²) in [6.45, 7) is 2.48. The molecular formula is C19H20N2O3S2. The van der Waals surface area contributed by atoms with Gasteiger partial charge in [-0.25, -0.2) is 4.98 Å². The fourth-order valence-electron chi connectivity index (χ4n) is 2.31. The Bertz CT molecular complexity index is 842. The van der Waals surface area contributed by atoms with Crippen LogP contribution in [-0.2, 0) is 17.1 Å². The van der Waals surface area contributed by atoms with E-state index in [1.54, 1.807) is 18.4 Å². The van der Waals surface area contributed by atoms with E-state index >= 15 is 0 Å². The second-order valence-electron chi connectivity index (χ2n) is 5.60. The molecule has 2 heterocycles. The molecule has 0 aliphatic carbocycles. The lowest BCUT2D eigenvalue weighted by atomic mass is 10.2. The number of oxazole rings is 1. The minimum atomic E-state index is 0.0277. The molecule has 0 radical (unpaired) electrons. The number of aryl methyl sites for hydroxylation is 1. The van der Waals surface area contributed by atoms with Gasteiger partial charge in [-0.15, -0.1) is 23.1 Å². The number of carbonyl (C=O) groups is 1. The van der Waals surface area contributed by atoms with E-state index < -0.39 is 0 Å². The number of thioether (sulfide) groups is 1. The fourth-order valence-corrected chi connectivity index (χ4v) is 3.80. The molecule has 3 rings (SSSR count). The predicted molar refractivity (Wildman–Crippen MR) is 106 cm³/mol. The van der Waals surface area contributed by atoms with Gasteiger partial charge < -0.3 is 14.5 Å². The number of hydrogen-bond acceptors (Lipinski definition) is 6. The van der Waals surface area contributed by atoms with Crippen molar-refractivity contribution >= 4 is 29.0 Å². The van der Waals surface area contributed by atoms with Crippen molar-refractivity contribution in [3.63, 3.8) is 0 Å². The summed E-state index contributed by atoms with van der Waals surface area (Å²) in [5, 5.41) is 4.93. The number of thiophene rings is 1. The number of nitrogens with zero attached hydrogens (tertiary/aromatic N) is 1. The lowest BCUT2D eigenvalue weighted by Crippen LogP contribution is -2.24. The molecule has 0 aliphatic rings. The van der Waals surface area contributed by atoms with Crippen LogP contribution in [0.2, 0.25) is 0 Å². The second kappa shape index (κ2) is 8.91. The van der Waals surface area contributed by atoms with E-state index in [-0.39, 0.29) is 5.91 Å². The molecule has 0 saturated heterocycles. The van der Waals surface area contributed by atoms with E-state index in [1.807, 2.05) is 48.7 Å². The number of rotatable bonds is 8. The van der Waals surface area contributed by atoms with Gasteiger partial charge in [0, 0.05) is 16.2 Å². The van der Waals surface area contributed by atoms with Gasteiger partial charge in [0.25, 0.3) is 0 Å². The first-order chi connectivity index (χ1) is 12.7. The van der Waals surface area contributed by atoms with Crippen molar-refractivity contribution in [1.82, 2.24) is 10.3 Å². The molecule has 0 aliphatic heterocycles. The van der Waals surface area contributed by atoms with Crippen LogP contribution in [0.5, 0.6) is 5.75 Å². The Balaban J connectivity index is 1.50. The Hall–Kier alpha value is -2.25. The molecular weight excluding hydrogens is 368 g/mol. The average Bonchev–Trinajstić information content (AvgIpc) is 3.30. The van der Waals surface area contributed by atoms with Crippen LogP contribution >= 0.6 is 23.1 Å². The quantitative estimate of drug-likeness (QED) is 0.624. The molecule has 0 fully saturated rings. The zero-order chi connectivity index (χ0) is 18.4. The maximum atomic E-state index is 11.9. The number of hydrogen-bond donors (Lipinski definition) is 1. The van der Waals surface area contributed by atoms with Crippen LogP contribution in [0.1, 0.15) is 16.3 Å².